The van der Waals surface area contributed by atoms with Crippen LogP contribution in [0.25, 0.3) is 10.2 Å². The standard InChI is InChI=1S/C14H19N5OS/c1-8-7-10-11(17-14(15)18-12(10)21-8)16-9(2)13(20)19-5-3-4-6-19/h7,9H,3-6H2,1-2H3,(H3,15,16,17,18). The van der Waals surface area contributed by atoms with Gasteiger partial charge in [-0.15, -0.1) is 11.3 Å². The van der Waals surface area contributed by atoms with E-state index in [0.29, 0.717) is 5.82 Å². The van der Waals surface area contributed by atoms with Gasteiger partial charge in [0.25, 0.3) is 0 Å². The number of nitrogens with zero attached hydrogens (tertiary/aromatic N) is 3. The van der Waals surface area contributed by atoms with E-state index in [2.05, 4.69) is 15.3 Å². The summed E-state index contributed by atoms with van der Waals surface area (Å²) in [7, 11) is 0. The van der Waals surface area contributed by atoms with Crippen LogP contribution in [0.15, 0.2) is 6.07 Å². The Balaban J connectivity index is 1.85. The zero-order valence-electron chi connectivity index (χ0n) is 12.2. The molecule has 3 heterocycles. The van der Waals surface area contributed by atoms with Gasteiger partial charge in [0.1, 0.15) is 16.7 Å². The lowest BCUT2D eigenvalue weighted by molar-refractivity contribution is -0.130. The van der Waals surface area contributed by atoms with E-state index in [1.807, 2.05) is 24.8 Å². The van der Waals surface area contributed by atoms with E-state index in [0.717, 1.165) is 41.0 Å². The van der Waals surface area contributed by atoms with Gasteiger partial charge in [-0.3, -0.25) is 4.79 Å². The number of hydrogen-bond acceptors (Lipinski definition) is 6. The maximum absolute atomic E-state index is 12.4. The first kappa shape index (κ1) is 14.1. The lowest BCUT2D eigenvalue weighted by Crippen LogP contribution is -2.39. The quantitative estimate of drug-likeness (QED) is 0.906. The van der Waals surface area contributed by atoms with Crippen molar-refractivity contribution < 1.29 is 4.79 Å². The summed E-state index contributed by atoms with van der Waals surface area (Å²) in [6.07, 6.45) is 2.18. The van der Waals surface area contributed by atoms with Crippen molar-refractivity contribution >= 4 is 39.2 Å². The molecule has 1 aliphatic heterocycles. The first-order valence-electron chi connectivity index (χ1n) is 7.13. The van der Waals surface area contributed by atoms with E-state index in [4.69, 9.17) is 5.73 Å². The van der Waals surface area contributed by atoms with Crippen LogP contribution in [0.5, 0.6) is 0 Å². The lowest BCUT2D eigenvalue weighted by atomic mass is 10.2. The number of carbonyl (C=O) groups excluding carboxylic acids is 1. The molecule has 1 saturated heterocycles. The van der Waals surface area contributed by atoms with Gasteiger partial charge < -0.3 is 16.0 Å². The van der Waals surface area contributed by atoms with Gasteiger partial charge in [-0.05, 0) is 32.8 Å². The van der Waals surface area contributed by atoms with E-state index in [-0.39, 0.29) is 17.9 Å². The number of fused-ring (bicyclic) bond motifs is 1. The SMILES string of the molecule is Cc1cc2c(NC(C)C(=O)N3CCCC3)nc(N)nc2s1. The fourth-order valence-corrected chi connectivity index (χ4v) is 3.53. The molecule has 112 valence electrons. The molecule has 3 rings (SSSR count). The van der Waals surface area contributed by atoms with E-state index < -0.39 is 0 Å². The van der Waals surface area contributed by atoms with Crippen molar-refractivity contribution in [3.8, 4) is 0 Å². The van der Waals surface area contributed by atoms with Crippen LogP contribution in [0.1, 0.15) is 24.6 Å². The highest BCUT2D eigenvalue weighted by molar-refractivity contribution is 7.18. The monoisotopic (exact) mass is 305 g/mol. The van der Waals surface area contributed by atoms with Gasteiger partial charge in [0.2, 0.25) is 11.9 Å². The predicted molar refractivity (Wildman–Crippen MR) is 85.5 cm³/mol. The van der Waals surface area contributed by atoms with Crippen molar-refractivity contribution in [1.82, 2.24) is 14.9 Å². The van der Waals surface area contributed by atoms with Crippen LogP contribution in [0.2, 0.25) is 0 Å². The largest absolute Gasteiger partial charge is 0.368 e. The zero-order valence-corrected chi connectivity index (χ0v) is 13.0. The van der Waals surface area contributed by atoms with Crippen LogP contribution >= 0.6 is 11.3 Å². The molecular formula is C14H19N5OS. The maximum atomic E-state index is 12.4. The van der Waals surface area contributed by atoms with Gasteiger partial charge in [-0.1, -0.05) is 0 Å². The second kappa shape index (κ2) is 5.48. The summed E-state index contributed by atoms with van der Waals surface area (Å²) in [5.74, 6) is 0.986. The third-order valence-electron chi connectivity index (χ3n) is 3.67. The summed E-state index contributed by atoms with van der Waals surface area (Å²) < 4.78 is 0. The molecule has 6 nitrogen and oxygen atoms in total. The number of anilines is 2. The number of aryl methyl sites for hydroxylation is 1. The molecule has 3 N–H and O–H groups in total. The molecule has 7 heteroatoms. The molecular weight excluding hydrogens is 286 g/mol. The van der Waals surface area contributed by atoms with E-state index in [1.165, 1.54) is 0 Å². The molecule has 21 heavy (non-hydrogen) atoms. The predicted octanol–water partition coefficient (Wildman–Crippen LogP) is 2.00. The summed E-state index contributed by atoms with van der Waals surface area (Å²) in [6.45, 7) is 5.59. The Labute approximate surface area is 127 Å². The number of aromatic nitrogens is 2. The number of nitrogens with one attached hydrogen (secondary N) is 1. The Hall–Kier alpha value is -1.89. The van der Waals surface area contributed by atoms with Gasteiger partial charge >= 0.3 is 0 Å². The van der Waals surface area contributed by atoms with Crippen molar-refractivity contribution in [1.29, 1.82) is 0 Å². The minimum atomic E-state index is -0.319. The Morgan fingerprint density at radius 3 is 2.86 bits per heavy atom. The average molecular weight is 305 g/mol. The van der Waals surface area contributed by atoms with E-state index in [9.17, 15) is 4.79 Å². The number of nitrogens with two attached hydrogens (primary N) is 1. The molecule has 0 radical (unpaired) electrons. The Morgan fingerprint density at radius 1 is 1.43 bits per heavy atom. The van der Waals surface area contributed by atoms with Crippen LogP contribution in [-0.2, 0) is 4.79 Å². The molecule has 1 fully saturated rings. The molecule has 2 aromatic heterocycles. The van der Waals surface area contributed by atoms with Crippen LogP contribution in [0.4, 0.5) is 11.8 Å². The van der Waals surface area contributed by atoms with Crippen molar-refractivity contribution in [2.45, 2.75) is 32.7 Å². The van der Waals surface area contributed by atoms with Crippen molar-refractivity contribution in [3.05, 3.63) is 10.9 Å². The van der Waals surface area contributed by atoms with E-state index in [1.54, 1.807) is 11.3 Å². The number of hydrogen-bond donors (Lipinski definition) is 2. The second-order valence-corrected chi connectivity index (χ2v) is 6.64. The third-order valence-corrected chi connectivity index (χ3v) is 4.62. The normalized spacial score (nSPS) is 16.4. The Kier molecular flexibility index (Phi) is 3.67. The number of thiophene rings is 1. The van der Waals surface area contributed by atoms with Crippen molar-refractivity contribution in [2.24, 2.45) is 0 Å². The smallest absolute Gasteiger partial charge is 0.244 e. The summed E-state index contributed by atoms with van der Waals surface area (Å²) in [5.41, 5.74) is 5.76. The molecule has 1 aliphatic rings. The number of nitrogen functional groups attached to an aromatic ring is 1. The van der Waals surface area contributed by atoms with Crippen LogP contribution < -0.4 is 11.1 Å². The molecule has 0 saturated carbocycles. The topological polar surface area (TPSA) is 84.1 Å². The van der Waals surface area contributed by atoms with Gasteiger partial charge in [0, 0.05) is 18.0 Å². The number of amides is 1. The fraction of sp³-hybridized carbons (Fsp3) is 0.500. The highest BCUT2D eigenvalue weighted by Crippen LogP contribution is 2.29. The number of carbonyl (C=O) groups is 1. The van der Waals surface area contributed by atoms with Gasteiger partial charge in [0.05, 0.1) is 5.39 Å². The van der Waals surface area contributed by atoms with Crippen molar-refractivity contribution in [3.63, 3.8) is 0 Å². The maximum Gasteiger partial charge on any atom is 0.244 e. The fourth-order valence-electron chi connectivity index (χ4n) is 2.65. The van der Waals surface area contributed by atoms with E-state index >= 15 is 0 Å². The molecule has 1 unspecified atom stereocenters. The Morgan fingerprint density at radius 2 is 2.14 bits per heavy atom. The summed E-state index contributed by atoms with van der Waals surface area (Å²) in [6, 6.07) is 1.70. The lowest BCUT2D eigenvalue weighted by Gasteiger charge is -2.21. The highest BCUT2D eigenvalue weighted by atomic mass is 32.1. The number of likely N-dealkylation sites (tertiary alicyclic amines) is 1. The van der Waals surface area contributed by atoms with Crippen LogP contribution in [0, 0.1) is 6.92 Å². The molecule has 1 atom stereocenters. The van der Waals surface area contributed by atoms with Gasteiger partial charge in [-0.2, -0.15) is 4.98 Å². The molecule has 0 bridgehead atoms. The second-order valence-electron chi connectivity index (χ2n) is 5.40. The van der Waals surface area contributed by atoms with Crippen molar-refractivity contribution in [2.75, 3.05) is 24.1 Å². The van der Waals surface area contributed by atoms with Crippen LogP contribution in [0.3, 0.4) is 0 Å². The van der Waals surface area contributed by atoms with Gasteiger partial charge in [0.15, 0.2) is 0 Å². The first-order chi connectivity index (χ1) is 10.0. The average Bonchev–Trinajstić information content (AvgIpc) is 3.06. The highest BCUT2D eigenvalue weighted by Gasteiger charge is 2.24. The minimum Gasteiger partial charge on any atom is -0.368 e. The van der Waals surface area contributed by atoms with Gasteiger partial charge in [-0.25, -0.2) is 4.98 Å². The molecule has 0 spiro atoms. The molecule has 0 aromatic carbocycles. The summed E-state index contributed by atoms with van der Waals surface area (Å²) in [5, 5.41) is 4.12. The van der Waals surface area contributed by atoms with Crippen LogP contribution in [-0.4, -0.2) is 39.9 Å². The molecule has 0 aliphatic carbocycles. The summed E-state index contributed by atoms with van der Waals surface area (Å²) >= 11 is 1.57. The minimum absolute atomic E-state index is 0.116. The molecule has 1 amide bonds. The zero-order chi connectivity index (χ0) is 15.0. The molecule has 2 aromatic rings. The number of rotatable bonds is 3. The summed E-state index contributed by atoms with van der Waals surface area (Å²) in [4.78, 5) is 24.8. The first-order valence-corrected chi connectivity index (χ1v) is 7.95. The third kappa shape index (κ3) is 2.78. The Bertz CT molecular complexity index is 677.